The van der Waals surface area contributed by atoms with Crippen LogP contribution in [0.2, 0.25) is 0 Å². The van der Waals surface area contributed by atoms with Crippen molar-refractivity contribution in [1.82, 2.24) is 0 Å². The molecule has 0 aliphatic heterocycles. The minimum absolute atomic E-state index is 0.609. The number of ether oxygens (including phenoxy) is 6. The summed E-state index contributed by atoms with van der Waals surface area (Å²) in [6, 6.07) is 107. The third-order valence-electron chi connectivity index (χ3n) is 28.1. The first-order valence-corrected chi connectivity index (χ1v) is 58.3. The summed E-state index contributed by atoms with van der Waals surface area (Å²) in [5.74, 6) is 4.35. The van der Waals surface area contributed by atoms with Crippen LogP contribution in [0.15, 0.2) is 182 Å². The maximum atomic E-state index is 6.80. The highest BCUT2D eigenvalue weighted by molar-refractivity contribution is 5.89. The largest absolute Gasteiger partial charge is 0.490 e. The second-order valence-electron chi connectivity index (χ2n) is 40.7. The van der Waals surface area contributed by atoms with Gasteiger partial charge >= 0.3 is 0 Å². The van der Waals surface area contributed by atoms with Gasteiger partial charge in [0.15, 0.2) is 34.5 Å². The molecule has 12 bridgehead atoms. The van der Waals surface area contributed by atoms with Crippen LogP contribution in [0.5, 0.6) is 34.5 Å². The number of benzene rings is 9. The summed E-state index contributed by atoms with van der Waals surface area (Å²) < 4.78 is 40.8. The molecule has 16 aromatic carbocycles. The van der Waals surface area contributed by atoms with E-state index in [1.807, 2.05) is 0 Å². The summed E-state index contributed by atoms with van der Waals surface area (Å²) in [6.07, 6.45) is 75.5. The Morgan fingerprint density at radius 3 is 0.340 bits per heavy atom. The number of hydrogen-bond acceptors (Lipinski definition) is 6. The van der Waals surface area contributed by atoms with Gasteiger partial charge in [-0.25, -0.2) is 0 Å². The number of fused-ring (bicyclic) bond motifs is 6. The van der Waals surface area contributed by atoms with Gasteiger partial charge in [-0.15, -0.1) is 0 Å². The van der Waals surface area contributed by atoms with Crippen molar-refractivity contribution in [3.63, 3.8) is 0 Å². The van der Waals surface area contributed by atoms with Gasteiger partial charge in [-0.3, -0.25) is 0 Å². The molecule has 0 heterocycles. The van der Waals surface area contributed by atoms with Crippen LogP contribution in [-0.4, -0.2) is 39.6 Å². The van der Waals surface area contributed by atoms with Gasteiger partial charge < -0.3 is 28.4 Å². The number of rotatable bonds is 72. The van der Waals surface area contributed by atoms with E-state index in [0.717, 1.165) is 208 Å². The molecule has 0 aliphatic rings. The van der Waals surface area contributed by atoms with Crippen LogP contribution in [0.3, 0.4) is 0 Å². The smallest absolute Gasteiger partial charge is 0.162 e. The van der Waals surface area contributed by atoms with Gasteiger partial charge in [0.1, 0.15) is 0 Å². The van der Waals surface area contributed by atoms with Gasteiger partial charge in [0.25, 0.3) is 0 Å². The summed E-state index contributed by atoms with van der Waals surface area (Å²) in [4.78, 5) is 0. The molecule has 0 aromatic heterocycles. The van der Waals surface area contributed by atoms with Crippen molar-refractivity contribution in [3.05, 3.63) is 255 Å². The molecule has 0 radical (unpaired) electrons. The second kappa shape index (κ2) is 74.1. The Kier molecular flexibility index (Phi) is 59.2. The van der Waals surface area contributed by atoms with E-state index in [9.17, 15) is 0 Å². The van der Waals surface area contributed by atoms with Gasteiger partial charge in [0.05, 0.1) is 39.6 Å². The van der Waals surface area contributed by atoms with E-state index in [1.165, 1.54) is 308 Å². The van der Waals surface area contributed by atoms with Gasteiger partial charge in [-0.2, -0.15) is 0 Å². The molecule has 768 valence electrons. The lowest BCUT2D eigenvalue weighted by atomic mass is 10.1. The van der Waals surface area contributed by atoms with E-state index < -0.39 is 0 Å². The number of hydrogen-bond donors (Lipinski definition) is 0. The van der Waals surface area contributed by atoms with Crippen molar-refractivity contribution in [1.29, 1.82) is 0 Å². The fraction of sp³-hybridized carbons (Fsp3) is 0.522. The van der Waals surface area contributed by atoms with E-state index in [4.69, 9.17) is 28.4 Å². The van der Waals surface area contributed by atoms with Gasteiger partial charge in [-0.05, 0) is 144 Å². The first-order chi connectivity index (χ1) is 71.3. The molecule has 0 aliphatic carbocycles. The van der Waals surface area contributed by atoms with Gasteiger partial charge in [0.2, 0.25) is 0 Å². The molecule has 6 nitrogen and oxygen atoms in total. The summed E-state index contributed by atoms with van der Waals surface area (Å²) >= 11 is 0. The maximum Gasteiger partial charge on any atom is 0.162 e. The summed E-state index contributed by atoms with van der Waals surface area (Å²) in [5, 5.41) is 16.7. The molecule has 16 aromatic rings. The zero-order valence-electron chi connectivity index (χ0n) is 90.4. The Hall–Kier alpha value is -10.9. The molecule has 0 amide bonds. The fourth-order valence-corrected chi connectivity index (χ4v) is 18.9. The van der Waals surface area contributed by atoms with Crippen LogP contribution in [0.25, 0.3) is 97.0 Å². The summed E-state index contributed by atoms with van der Waals surface area (Å²) in [5.41, 5.74) is 0. The van der Waals surface area contributed by atoms with Crippen molar-refractivity contribution in [2.45, 2.75) is 427 Å². The predicted octanol–water partition coefficient (Wildman–Crippen LogP) is 42.2. The van der Waals surface area contributed by atoms with Crippen LogP contribution in [0, 0.1) is 72.8 Å². The first kappa shape index (κ1) is 115. The lowest BCUT2D eigenvalue weighted by Crippen LogP contribution is -2.03. The summed E-state index contributed by atoms with van der Waals surface area (Å²) in [6.45, 7) is 17.4. The highest BCUT2D eigenvalue weighted by Crippen LogP contribution is 2.37. The molecule has 6 heteroatoms. The molecular formula is C138H180O6. The molecule has 0 atom stereocenters. The lowest BCUT2D eigenvalue weighted by Gasteiger charge is -2.13. The standard InChI is InChI=1S/C138H180O6/c1-7-13-19-25-31-37-43-49-55-61-103-139-133-109-127-97-79-115-67-85-121(86-68-115)123-89-71-117(72-90-123)81-99-129-111-135(141-105-63-57-51-45-39-33-27-21-15-9-3)137(143-107-65-59-53-47-41-35-29-23-17-11-5)113-131(129)101-83-119-75-93-125(94-76-119)126-95-77-120(78-96-126)84-102-132-114-138(144-108-66-60-54-48-42-36-30-24-18-12-6)136(142-106-64-58-52-46-40-34-28-22-16-10-4)112-130(132)100-82-118-73-91-124(92-74-118)122-87-69-116(70-88-122)80-98-128(127)110-134(133)140-104-62-56-50-44-38-32-26-20-14-8-2/h67-78,85-96,109-114H,7-66,103-108H2,1-6H3. The fourth-order valence-electron chi connectivity index (χ4n) is 18.9. The zero-order chi connectivity index (χ0) is 100. The molecule has 144 heavy (non-hydrogen) atoms. The molecule has 0 saturated heterocycles. The molecule has 0 N–H and O–H groups in total. The highest BCUT2D eigenvalue weighted by atomic mass is 16.5. The second-order valence-corrected chi connectivity index (χ2v) is 40.7. The van der Waals surface area contributed by atoms with E-state index in [1.54, 1.807) is 0 Å². The van der Waals surface area contributed by atoms with E-state index in [-0.39, 0.29) is 0 Å². The Balaban J connectivity index is 1.06. The summed E-state index contributed by atoms with van der Waals surface area (Å²) in [7, 11) is 0. The normalized spacial score (nSPS) is 11.0. The van der Waals surface area contributed by atoms with Crippen molar-refractivity contribution in [2.75, 3.05) is 39.6 Å². The van der Waals surface area contributed by atoms with E-state index >= 15 is 0 Å². The van der Waals surface area contributed by atoms with Crippen LogP contribution in [0.1, 0.15) is 427 Å². The van der Waals surface area contributed by atoms with Crippen LogP contribution < -0.4 is 28.4 Å². The van der Waals surface area contributed by atoms with Crippen LogP contribution >= 0.6 is 0 Å². The molecule has 0 saturated carbocycles. The quantitative estimate of drug-likeness (QED) is 0.0354. The van der Waals surface area contributed by atoms with Crippen molar-refractivity contribution in [2.24, 2.45) is 0 Å². The Labute approximate surface area is 875 Å². The average molecular weight is 1930 g/mol. The molecule has 0 spiro atoms. The van der Waals surface area contributed by atoms with Crippen LogP contribution in [0.4, 0.5) is 0 Å². The van der Waals surface area contributed by atoms with Crippen LogP contribution in [-0.2, 0) is 0 Å². The Morgan fingerprint density at radius 1 is 0.125 bits per heavy atom. The molecule has 0 unspecified atom stereocenters. The molecule has 0 fully saturated rings. The molecular weight excluding hydrogens is 1750 g/mol. The third kappa shape index (κ3) is 47.1. The van der Waals surface area contributed by atoms with E-state index in [0.29, 0.717) is 39.6 Å². The van der Waals surface area contributed by atoms with Crippen molar-refractivity contribution in [3.8, 4) is 34.5 Å². The highest BCUT2D eigenvalue weighted by Gasteiger charge is 2.14. The van der Waals surface area contributed by atoms with Gasteiger partial charge in [-0.1, -0.05) is 534 Å². The topological polar surface area (TPSA) is 55.4 Å². The Bertz CT molecular complexity index is 4650. The third-order valence-corrected chi connectivity index (χ3v) is 28.1. The molecule has 16 rings (SSSR count). The predicted molar refractivity (Wildman–Crippen MR) is 620 cm³/mol. The Morgan fingerprint density at radius 2 is 0.229 bits per heavy atom. The average Bonchev–Trinajstić information content (AvgIpc) is 0.822. The maximum absolute atomic E-state index is 6.80. The lowest BCUT2D eigenvalue weighted by molar-refractivity contribution is 0.259. The van der Waals surface area contributed by atoms with Crippen molar-refractivity contribution >= 4 is 97.0 Å². The SMILES string of the molecule is CCCCCCCCCCCCOc1cc2c#cc3ccc(cc3)c3ccc(c#cc4cc(OCCCCCCCCCCCC)c(OCCCCCCCCCCCC)cc4c#cc4ccc(cc4)c4ccc(c#cc5cc(OCCCCCCCCCCCC)c(OCCCCCCCCCCCC)cc5c#cc5ccc(cc5)c5ccc(c#cc2cc1OCCCCCCCCCCCC)cc5)cc4)cc3. The van der Waals surface area contributed by atoms with Crippen molar-refractivity contribution < 1.29 is 28.4 Å². The zero-order valence-corrected chi connectivity index (χ0v) is 90.4. The van der Waals surface area contributed by atoms with Gasteiger partial charge in [0, 0.05) is 101 Å². The monoisotopic (exact) mass is 1930 g/mol. The minimum atomic E-state index is 0.609. The first-order valence-electron chi connectivity index (χ1n) is 58.3. The number of unbranched alkanes of at least 4 members (excludes halogenated alkanes) is 54. The minimum Gasteiger partial charge on any atom is -0.490 e. The van der Waals surface area contributed by atoms with E-state index in [2.05, 4.69) is 296 Å².